The van der Waals surface area contributed by atoms with Gasteiger partial charge < -0.3 is 14.7 Å². The molecular formula is C22H31F3N6O2. The number of aryl methyl sites for hydroxylation is 1. The van der Waals surface area contributed by atoms with Crippen molar-refractivity contribution in [3.63, 3.8) is 0 Å². The van der Waals surface area contributed by atoms with Gasteiger partial charge >= 0.3 is 12.2 Å². The molecule has 182 valence electrons. The van der Waals surface area contributed by atoms with Gasteiger partial charge in [-0.25, -0.2) is 15.0 Å². The van der Waals surface area contributed by atoms with Gasteiger partial charge in [-0.1, -0.05) is 20.8 Å². The van der Waals surface area contributed by atoms with Crippen molar-refractivity contribution in [3.8, 4) is 11.9 Å². The monoisotopic (exact) mass is 468 g/mol. The number of aromatic hydroxyl groups is 1. The zero-order valence-corrected chi connectivity index (χ0v) is 19.5. The Kier molecular flexibility index (Phi) is 7.61. The zero-order valence-electron chi connectivity index (χ0n) is 19.5. The smallest absolute Gasteiger partial charge is 0.433 e. The van der Waals surface area contributed by atoms with Crippen molar-refractivity contribution < 1.29 is 23.0 Å². The van der Waals surface area contributed by atoms with Crippen LogP contribution in [-0.4, -0.2) is 69.3 Å². The van der Waals surface area contributed by atoms with Crippen LogP contribution in [0.2, 0.25) is 0 Å². The van der Waals surface area contributed by atoms with Crippen LogP contribution in [0.4, 0.5) is 19.0 Å². The molecule has 0 unspecified atom stereocenters. The molecule has 0 aromatic carbocycles. The molecule has 1 aliphatic heterocycles. The minimum atomic E-state index is -4.51. The molecule has 1 aliphatic rings. The molecule has 0 radical (unpaired) electrons. The van der Waals surface area contributed by atoms with Gasteiger partial charge in [0.05, 0.1) is 6.61 Å². The molecule has 0 amide bonds. The highest BCUT2D eigenvalue weighted by molar-refractivity contribution is 5.42. The molecule has 8 nitrogen and oxygen atoms in total. The molecule has 3 heterocycles. The van der Waals surface area contributed by atoms with Gasteiger partial charge in [0.15, 0.2) is 0 Å². The molecule has 0 aliphatic carbocycles. The normalized spacial score (nSPS) is 15.7. The first kappa shape index (κ1) is 24.9. The predicted octanol–water partition coefficient (Wildman–Crippen LogP) is 3.58. The van der Waals surface area contributed by atoms with Gasteiger partial charge in [0, 0.05) is 49.4 Å². The Labute approximate surface area is 191 Å². The van der Waals surface area contributed by atoms with Crippen LogP contribution < -0.4 is 9.64 Å². The van der Waals surface area contributed by atoms with E-state index in [0.29, 0.717) is 31.1 Å². The maximum absolute atomic E-state index is 13.4. The van der Waals surface area contributed by atoms with Crippen LogP contribution in [0.3, 0.4) is 0 Å². The second-order valence-corrected chi connectivity index (χ2v) is 9.23. The number of hydrogen-bond donors (Lipinski definition) is 1. The summed E-state index contributed by atoms with van der Waals surface area (Å²) in [7, 11) is 0. The third kappa shape index (κ3) is 6.89. The highest BCUT2D eigenvalue weighted by atomic mass is 19.4. The average Bonchev–Trinajstić information content (AvgIpc) is 2.75. The van der Waals surface area contributed by atoms with Crippen molar-refractivity contribution in [2.45, 2.75) is 52.1 Å². The van der Waals surface area contributed by atoms with Gasteiger partial charge in [-0.3, -0.25) is 4.90 Å². The van der Waals surface area contributed by atoms with Crippen molar-refractivity contribution in [1.82, 2.24) is 24.8 Å². The van der Waals surface area contributed by atoms with Crippen LogP contribution in [0.15, 0.2) is 12.3 Å². The predicted molar refractivity (Wildman–Crippen MR) is 118 cm³/mol. The van der Waals surface area contributed by atoms with Crippen molar-refractivity contribution in [3.05, 3.63) is 29.3 Å². The third-order valence-electron chi connectivity index (χ3n) is 5.39. The van der Waals surface area contributed by atoms with Gasteiger partial charge in [-0.05, 0) is 26.3 Å². The quantitative estimate of drug-likeness (QED) is 0.617. The van der Waals surface area contributed by atoms with Gasteiger partial charge in [0.2, 0.25) is 5.88 Å². The third-order valence-corrected chi connectivity index (χ3v) is 5.39. The SMILES string of the molecule is Cc1cnc(OCCCCN2CCN(c3cc(C(F)(F)F)nc(C(C)(C)C)n3)CC2)nc1O. The van der Waals surface area contributed by atoms with E-state index < -0.39 is 17.3 Å². The molecule has 33 heavy (non-hydrogen) atoms. The summed E-state index contributed by atoms with van der Waals surface area (Å²) in [6.45, 7) is 11.1. The second kappa shape index (κ2) is 10.1. The molecule has 0 atom stereocenters. The highest BCUT2D eigenvalue weighted by Crippen LogP contribution is 2.32. The van der Waals surface area contributed by atoms with E-state index in [1.54, 1.807) is 6.92 Å². The lowest BCUT2D eigenvalue weighted by Gasteiger charge is -2.36. The Hall–Kier alpha value is -2.69. The number of nitrogens with zero attached hydrogens (tertiary/aromatic N) is 6. The fourth-order valence-corrected chi connectivity index (χ4v) is 3.37. The standard InChI is InChI=1S/C22H31F3N6O2/c1-15-14-26-20(29-18(15)32)33-12-6-5-7-30-8-10-31(11-9-30)17-13-16(22(23,24)25)27-19(28-17)21(2,3)4/h13-14H,5-12H2,1-4H3,(H,26,29,32). The van der Waals surface area contributed by atoms with Crippen molar-refractivity contribution in [2.24, 2.45) is 0 Å². The summed E-state index contributed by atoms with van der Waals surface area (Å²) in [5, 5.41) is 9.58. The van der Waals surface area contributed by atoms with Crippen LogP contribution >= 0.6 is 0 Å². The van der Waals surface area contributed by atoms with Crippen LogP contribution in [0.5, 0.6) is 11.9 Å². The van der Waals surface area contributed by atoms with Crippen LogP contribution in [0.1, 0.15) is 50.7 Å². The number of halogens is 3. The fourth-order valence-electron chi connectivity index (χ4n) is 3.37. The molecule has 0 saturated carbocycles. The summed E-state index contributed by atoms with van der Waals surface area (Å²) >= 11 is 0. The molecule has 0 spiro atoms. The maximum Gasteiger partial charge on any atom is 0.433 e. The maximum atomic E-state index is 13.4. The first-order valence-electron chi connectivity index (χ1n) is 11.0. The largest absolute Gasteiger partial charge is 0.493 e. The molecule has 1 fully saturated rings. The minimum Gasteiger partial charge on any atom is -0.493 e. The second-order valence-electron chi connectivity index (χ2n) is 9.23. The number of ether oxygens (including phenoxy) is 1. The van der Waals surface area contributed by atoms with Crippen LogP contribution in [0.25, 0.3) is 0 Å². The Morgan fingerprint density at radius 2 is 1.73 bits per heavy atom. The molecule has 2 aromatic rings. The average molecular weight is 469 g/mol. The van der Waals surface area contributed by atoms with Crippen molar-refractivity contribution >= 4 is 5.82 Å². The van der Waals surface area contributed by atoms with E-state index in [0.717, 1.165) is 38.5 Å². The van der Waals surface area contributed by atoms with E-state index in [4.69, 9.17) is 4.74 Å². The van der Waals surface area contributed by atoms with Gasteiger partial charge in [-0.15, -0.1) is 0 Å². The number of anilines is 1. The van der Waals surface area contributed by atoms with E-state index in [2.05, 4.69) is 24.8 Å². The molecule has 3 rings (SSSR count). The van der Waals surface area contributed by atoms with E-state index in [1.165, 1.54) is 6.20 Å². The summed E-state index contributed by atoms with van der Waals surface area (Å²) in [4.78, 5) is 20.3. The summed E-state index contributed by atoms with van der Waals surface area (Å²) in [5.41, 5.74) is -0.888. The number of rotatable bonds is 7. The number of unbranched alkanes of at least 4 members (excludes halogenated alkanes) is 1. The molecule has 1 saturated heterocycles. The lowest BCUT2D eigenvalue weighted by Crippen LogP contribution is -2.47. The summed E-state index contributed by atoms with van der Waals surface area (Å²) in [6, 6.07) is 1.21. The lowest BCUT2D eigenvalue weighted by molar-refractivity contribution is -0.141. The lowest BCUT2D eigenvalue weighted by atomic mass is 9.95. The summed E-state index contributed by atoms with van der Waals surface area (Å²) < 4.78 is 45.6. The summed E-state index contributed by atoms with van der Waals surface area (Å²) in [6.07, 6.45) is -1.30. The van der Waals surface area contributed by atoms with E-state index in [1.807, 2.05) is 25.7 Å². The molecule has 0 bridgehead atoms. The van der Waals surface area contributed by atoms with E-state index in [9.17, 15) is 18.3 Å². The molecule has 2 aromatic heterocycles. The number of piperazine rings is 1. The number of hydrogen-bond acceptors (Lipinski definition) is 8. The Morgan fingerprint density at radius 1 is 1.03 bits per heavy atom. The van der Waals surface area contributed by atoms with E-state index in [-0.39, 0.29) is 17.7 Å². The molecule has 1 N–H and O–H groups in total. The Bertz CT molecular complexity index is 908. The Balaban J connectivity index is 1.48. The molecule has 11 heteroatoms. The van der Waals surface area contributed by atoms with Gasteiger partial charge in [0.1, 0.15) is 17.3 Å². The highest BCUT2D eigenvalue weighted by Gasteiger charge is 2.35. The first-order valence-corrected chi connectivity index (χ1v) is 11.0. The molecular weight excluding hydrogens is 437 g/mol. The first-order chi connectivity index (χ1) is 15.4. The van der Waals surface area contributed by atoms with Crippen LogP contribution in [0, 0.1) is 6.92 Å². The van der Waals surface area contributed by atoms with E-state index >= 15 is 0 Å². The van der Waals surface area contributed by atoms with Gasteiger partial charge in [-0.2, -0.15) is 18.2 Å². The van der Waals surface area contributed by atoms with Crippen LogP contribution in [-0.2, 0) is 11.6 Å². The van der Waals surface area contributed by atoms with Crippen molar-refractivity contribution in [2.75, 3.05) is 44.2 Å². The fraction of sp³-hybridized carbons (Fsp3) is 0.636. The van der Waals surface area contributed by atoms with Gasteiger partial charge in [0.25, 0.3) is 0 Å². The topological polar surface area (TPSA) is 87.5 Å². The minimum absolute atomic E-state index is 0.0847. The van der Waals surface area contributed by atoms with Crippen molar-refractivity contribution in [1.29, 1.82) is 0 Å². The number of alkyl halides is 3. The zero-order chi connectivity index (χ0) is 24.2. The summed E-state index contributed by atoms with van der Waals surface area (Å²) in [5.74, 6) is 0.441. The Morgan fingerprint density at radius 3 is 2.33 bits per heavy atom. The number of aromatic nitrogens is 4.